The predicted octanol–water partition coefficient (Wildman–Crippen LogP) is 1.74. The van der Waals surface area contributed by atoms with Crippen molar-refractivity contribution in [1.82, 2.24) is 19.2 Å². The fraction of sp³-hybridized carbons (Fsp3) is 0.158. The van der Waals surface area contributed by atoms with E-state index in [0.717, 1.165) is 0 Å². The topological polar surface area (TPSA) is 105 Å². The molecule has 8 nitrogen and oxygen atoms in total. The first-order valence-corrected chi connectivity index (χ1v) is 8.49. The number of nitrogens with zero attached hydrogens (tertiary/aromatic N) is 4. The molecule has 4 rings (SSSR count). The minimum Gasteiger partial charge on any atom is -0.485 e. The van der Waals surface area contributed by atoms with Crippen LogP contribution in [0.25, 0.3) is 16.7 Å². The number of aromatic nitrogens is 4. The summed E-state index contributed by atoms with van der Waals surface area (Å²) in [5, 5.41) is 8.95. The van der Waals surface area contributed by atoms with Crippen molar-refractivity contribution in [3.05, 3.63) is 70.3 Å². The van der Waals surface area contributed by atoms with Crippen molar-refractivity contribution in [2.24, 2.45) is 5.73 Å². The number of nitrogens with two attached hydrogens (primary N) is 1. The van der Waals surface area contributed by atoms with E-state index in [1.54, 1.807) is 39.3 Å². The van der Waals surface area contributed by atoms with Gasteiger partial charge in [-0.2, -0.15) is 0 Å². The number of benzene rings is 2. The second kappa shape index (κ2) is 6.56. The molecule has 27 heavy (non-hydrogen) atoms. The summed E-state index contributed by atoms with van der Waals surface area (Å²) in [5.41, 5.74) is 6.28. The van der Waals surface area contributed by atoms with Crippen LogP contribution in [0.5, 0.6) is 5.75 Å². The molecule has 0 bridgehead atoms. The maximum atomic E-state index is 12.7. The summed E-state index contributed by atoms with van der Waals surface area (Å²) in [5.74, 6) is 0.766. The van der Waals surface area contributed by atoms with Crippen molar-refractivity contribution in [2.45, 2.75) is 20.1 Å². The van der Waals surface area contributed by atoms with Crippen molar-refractivity contribution in [3.8, 4) is 5.75 Å². The molecule has 0 radical (unpaired) electrons. The Morgan fingerprint density at radius 3 is 2.63 bits per heavy atom. The van der Waals surface area contributed by atoms with Crippen molar-refractivity contribution >= 4 is 22.6 Å². The van der Waals surface area contributed by atoms with Crippen molar-refractivity contribution in [1.29, 1.82) is 0 Å². The first-order valence-electron chi connectivity index (χ1n) is 8.49. The standard InChI is InChI=1S/C19H17N5O3/c1-2-23-18(26)12-7-3-5-9-14(12)24-16(21-22-19(23)24)11-27-15-10-6-4-8-13(15)17(20)25/h3-10H,2,11H2,1H3,(H2,20,25). The molecule has 1 amide bonds. The van der Waals surface area contributed by atoms with Gasteiger partial charge >= 0.3 is 0 Å². The Kier molecular flexibility index (Phi) is 4.08. The van der Waals surface area contributed by atoms with E-state index in [9.17, 15) is 9.59 Å². The first kappa shape index (κ1) is 16.8. The van der Waals surface area contributed by atoms with Crippen LogP contribution in [-0.2, 0) is 13.2 Å². The molecule has 0 fully saturated rings. The molecule has 8 heteroatoms. The van der Waals surface area contributed by atoms with Crippen LogP contribution in [0.2, 0.25) is 0 Å². The summed E-state index contributed by atoms with van der Waals surface area (Å²) in [6, 6.07) is 14.0. The second-order valence-electron chi connectivity index (χ2n) is 5.97. The minimum atomic E-state index is -0.568. The van der Waals surface area contributed by atoms with Crippen molar-refractivity contribution in [2.75, 3.05) is 0 Å². The lowest BCUT2D eigenvalue weighted by molar-refractivity contribution is 0.0995. The second-order valence-corrected chi connectivity index (χ2v) is 5.97. The number of aryl methyl sites for hydroxylation is 1. The number of ether oxygens (including phenoxy) is 1. The van der Waals surface area contributed by atoms with Gasteiger partial charge in [-0.15, -0.1) is 10.2 Å². The summed E-state index contributed by atoms with van der Waals surface area (Å²) in [4.78, 5) is 24.2. The molecule has 0 aliphatic rings. The highest BCUT2D eigenvalue weighted by Crippen LogP contribution is 2.20. The number of carbonyl (C=O) groups is 1. The average molecular weight is 363 g/mol. The zero-order valence-electron chi connectivity index (χ0n) is 14.6. The number of fused-ring (bicyclic) bond motifs is 3. The summed E-state index contributed by atoms with van der Waals surface area (Å²) in [7, 11) is 0. The zero-order chi connectivity index (χ0) is 19.0. The molecule has 2 aromatic carbocycles. The van der Waals surface area contributed by atoms with Crippen LogP contribution in [0.15, 0.2) is 53.3 Å². The third-order valence-corrected chi connectivity index (χ3v) is 4.40. The number of carbonyl (C=O) groups excluding carboxylic acids is 1. The Morgan fingerprint density at radius 2 is 1.85 bits per heavy atom. The summed E-state index contributed by atoms with van der Waals surface area (Å²) in [6.45, 7) is 2.41. The molecule has 136 valence electrons. The van der Waals surface area contributed by atoms with Gasteiger partial charge in [-0.25, -0.2) is 0 Å². The first-order chi connectivity index (χ1) is 13.1. The van der Waals surface area contributed by atoms with E-state index in [0.29, 0.717) is 40.4 Å². The van der Waals surface area contributed by atoms with Crippen LogP contribution in [0, 0.1) is 0 Å². The number of para-hydroxylation sites is 2. The maximum Gasteiger partial charge on any atom is 0.262 e. The van der Waals surface area contributed by atoms with Crippen LogP contribution in [0.1, 0.15) is 23.1 Å². The molecular formula is C19H17N5O3. The lowest BCUT2D eigenvalue weighted by Gasteiger charge is -2.11. The quantitative estimate of drug-likeness (QED) is 0.581. The van der Waals surface area contributed by atoms with Gasteiger partial charge in [-0.05, 0) is 31.2 Å². The minimum absolute atomic E-state index is 0.0668. The van der Waals surface area contributed by atoms with E-state index in [4.69, 9.17) is 10.5 Å². The summed E-state index contributed by atoms with van der Waals surface area (Å²) >= 11 is 0. The molecule has 0 spiro atoms. The highest BCUT2D eigenvalue weighted by molar-refractivity contribution is 5.95. The van der Waals surface area contributed by atoms with Gasteiger partial charge in [0, 0.05) is 6.54 Å². The molecule has 2 N–H and O–H groups in total. The third-order valence-electron chi connectivity index (χ3n) is 4.40. The Hall–Kier alpha value is -3.68. The fourth-order valence-electron chi connectivity index (χ4n) is 3.13. The Labute approximate surface area is 153 Å². The Morgan fingerprint density at radius 1 is 1.11 bits per heavy atom. The van der Waals surface area contributed by atoms with Crippen LogP contribution < -0.4 is 16.0 Å². The molecule has 0 unspecified atom stereocenters. The molecule has 0 aliphatic heterocycles. The van der Waals surface area contributed by atoms with Gasteiger partial charge in [0.15, 0.2) is 5.82 Å². The largest absolute Gasteiger partial charge is 0.485 e. The summed E-state index contributed by atoms with van der Waals surface area (Å²) in [6.07, 6.45) is 0. The number of rotatable bonds is 5. The molecule has 0 saturated heterocycles. The van der Waals surface area contributed by atoms with Gasteiger partial charge in [0.1, 0.15) is 12.4 Å². The van der Waals surface area contributed by atoms with Gasteiger partial charge in [0.25, 0.3) is 11.5 Å². The van der Waals surface area contributed by atoms with E-state index < -0.39 is 5.91 Å². The van der Waals surface area contributed by atoms with Crippen LogP contribution in [0.4, 0.5) is 0 Å². The van der Waals surface area contributed by atoms with Crippen molar-refractivity contribution in [3.63, 3.8) is 0 Å². The fourth-order valence-corrected chi connectivity index (χ4v) is 3.13. The monoisotopic (exact) mass is 363 g/mol. The molecule has 2 heterocycles. The maximum absolute atomic E-state index is 12.7. The predicted molar refractivity (Wildman–Crippen MR) is 99.7 cm³/mol. The smallest absolute Gasteiger partial charge is 0.262 e. The highest BCUT2D eigenvalue weighted by Gasteiger charge is 2.16. The summed E-state index contributed by atoms with van der Waals surface area (Å²) < 4.78 is 9.16. The van der Waals surface area contributed by atoms with Gasteiger partial charge in [-0.1, -0.05) is 24.3 Å². The van der Waals surface area contributed by atoms with E-state index in [1.165, 1.54) is 0 Å². The Balaban J connectivity index is 1.84. The van der Waals surface area contributed by atoms with Crippen molar-refractivity contribution < 1.29 is 9.53 Å². The molecule has 0 atom stereocenters. The van der Waals surface area contributed by atoms with E-state index in [2.05, 4.69) is 10.2 Å². The van der Waals surface area contributed by atoms with Crippen LogP contribution in [0.3, 0.4) is 0 Å². The SMILES string of the molecule is CCn1c(=O)c2ccccc2n2c(COc3ccccc3C(N)=O)nnc12. The zero-order valence-corrected chi connectivity index (χ0v) is 14.6. The Bertz CT molecular complexity index is 1230. The molecule has 0 saturated carbocycles. The molecule has 4 aromatic rings. The third kappa shape index (κ3) is 2.71. The lowest BCUT2D eigenvalue weighted by atomic mass is 10.2. The number of hydrogen-bond acceptors (Lipinski definition) is 5. The van der Waals surface area contributed by atoms with Crippen LogP contribution in [-0.4, -0.2) is 25.1 Å². The lowest BCUT2D eigenvalue weighted by Crippen LogP contribution is -2.22. The number of hydrogen-bond donors (Lipinski definition) is 1. The van der Waals surface area contributed by atoms with E-state index >= 15 is 0 Å². The molecular weight excluding hydrogens is 346 g/mol. The van der Waals surface area contributed by atoms with Crippen LogP contribution >= 0.6 is 0 Å². The van der Waals surface area contributed by atoms with Gasteiger partial charge in [0.2, 0.25) is 5.78 Å². The normalized spacial score (nSPS) is 11.1. The number of amides is 1. The molecule has 0 aliphatic carbocycles. The number of primary amides is 1. The van der Waals surface area contributed by atoms with Gasteiger partial charge < -0.3 is 10.5 Å². The highest BCUT2D eigenvalue weighted by atomic mass is 16.5. The van der Waals surface area contributed by atoms with Gasteiger partial charge in [-0.3, -0.25) is 18.6 Å². The average Bonchev–Trinajstić information content (AvgIpc) is 3.11. The molecule has 2 aromatic heterocycles. The van der Waals surface area contributed by atoms with E-state index in [1.807, 2.05) is 25.1 Å². The van der Waals surface area contributed by atoms with Gasteiger partial charge in [0.05, 0.1) is 16.5 Å². The van der Waals surface area contributed by atoms with E-state index in [-0.39, 0.29) is 12.2 Å².